The second-order valence-corrected chi connectivity index (χ2v) is 11.5. The van der Waals surface area contributed by atoms with Gasteiger partial charge in [0.05, 0.1) is 24.0 Å². The highest BCUT2D eigenvalue weighted by Gasteiger charge is 2.35. The highest BCUT2D eigenvalue weighted by molar-refractivity contribution is 8.16. The van der Waals surface area contributed by atoms with Gasteiger partial charge in [-0.1, -0.05) is 25.8 Å². The molecule has 0 unspecified atom stereocenters. The Hall–Kier alpha value is -2.31. The van der Waals surface area contributed by atoms with Gasteiger partial charge in [-0.3, -0.25) is 0 Å². The first-order valence-corrected chi connectivity index (χ1v) is 12.6. The van der Waals surface area contributed by atoms with E-state index in [4.69, 9.17) is 4.74 Å². The van der Waals surface area contributed by atoms with Crippen molar-refractivity contribution in [1.29, 1.82) is 0 Å². The SMILES string of the molecule is CC[C@@H]1CCC[C@H](N(C)c2cnc(-c3ccc(-c4cnnc(OC(S)(S)S)c4)cc3O)nn2)[C@@H]1F. The largest absolute Gasteiger partial charge is 0.507 e. The van der Waals surface area contributed by atoms with E-state index in [1.807, 2.05) is 18.9 Å². The molecule has 4 rings (SSSR count). The lowest BCUT2D eigenvalue weighted by atomic mass is 9.82. The van der Waals surface area contributed by atoms with Crippen LogP contribution in [0.25, 0.3) is 22.5 Å². The Morgan fingerprint density at radius 3 is 2.57 bits per heavy atom. The summed E-state index contributed by atoms with van der Waals surface area (Å²) in [5.74, 6) is 0.982. The molecule has 12 heteroatoms. The molecule has 0 radical (unpaired) electrons. The number of aromatic nitrogens is 5. The van der Waals surface area contributed by atoms with Gasteiger partial charge in [0.15, 0.2) is 11.6 Å². The lowest BCUT2D eigenvalue weighted by molar-refractivity contribution is 0.134. The van der Waals surface area contributed by atoms with Crippen molar-refractivity contribution in [3.63, 3.8) is 0 Å². The zero-order chi connectivity index (χ0) is 25.2. The summed E-state index contributed by atoms with van der Waals surface area (Å²) in [6.07, 6.45) is 5.70. The quantitative estimate of drug-likeness (QED) is 0.253. The predicted octanol–water partition coefficient (Wildman–Crippen LogP) is 4.83. The Labute approximate surface area is 220 Å². The molecule has 0 saturated heterocycles. The smallest absolute Gasteiger partial charge is 0.243 e. The van der Waals surface area contributed by atoms with Crippen molar-refractivity contribution >= 4 is 43.7 Å². The van der Waals surface area contributed by atoms with Gasteiger partial charge >= 0.3 is 0 Å². The molecular weight excluding hydrogens is 507 g/mol. The molecule has 0 aliphatic heterocycles. The van der Waals surface area contributed by atoms with E-state index in [9.17, 15) is 9.50 Å². The molecular formula is C23H27FN6O2S3. The number of alkyl halides is 1. The van der Waals surface area contributed by atoms with Crippen LogP contribution in [0.15, 0.2) is 36.7 Å². The summed E-state index contributed by atoms with van der Waals surface area (Å²) < 4.78 is 19.0. The van der Waals surface area contributed by atoms with Crippen LogP contribution < -0.4 is 9.64 Å². The number of hydrogen-bond donors (Lipinski definition) is 4. The summed E-state index contributed by atoms with van der Waals surface area (Å²) in [5.41, 5.74) is 1.75. The summed E-state index contributed by atoms with van der Waals surface area (Å²) in [6.45, 7) is 2.03. The van der Waals surface area contributed by atoms with E-state index in [-0.39, 0.29) is 29.4 Å². The van der Waals surface area contributed by atoms with Gasteiger partial charge in [0, 0.05) is 18.7 Å². The normalized spacial score (nSPS) is 20.5. The number of aromatic hydroxyl groups is 1. The Balaban J connectivity index is 1.52. The molecule has 3 atom stereocenters. The highest BCUT2D eigenvalue weighted by Crippen LogP contribution is 2.35. The molecule has 0 bridgehead atoms. The number of halogens is 1. The monoisotopic (exact) mass is 534 g/mol. The molecule has 1 aliphatic carbocycles. The van der Waals surface area contributed by atoms with Crippen LogP contribution in [0, 0.1) is 5.92 Å². The Morgan fingerprint density at radius 2 is 1.91 bits per heavy atom. The van der Waals surface area contributed by atoms with Crippen LogP contribution in [-0.2, 0) is 0 Å². The van der Waals surface area contributed by atoms with Gasteiger partial charge in [0.2, 0.25) is 9.48 Å². The number of ether oxygens (including phenoxy) is 1. The molecule has 1 aliphatic rings. The van der Waals surface area contributed by atoms with Crippen molar-refractivity contribution in [2.24, 2.45) is 5.92 Å². The van der Waals surface area contributed by atoms with Gasteiger partial charge in [-0.15, -0.1) is 53.2 Å². The molecule has 2 heterocycles. The summed E-state index contributed by atoms with van der Waals surface area (Å²) in [4.78, 5) is 6.21. The van der Waals surface area contributed by atoms with Crippen molar-refractivity contribution < 1.29 is 14.2 Å². The van der Waals surface area contributed by atoms with E-state index in [1.54, 1.807) is 30.5 Å². The maximum atomic E-state index is 15.0. The number of anilines is 1. The summed E-state index contributed by atoms with van der Waals surface area (Å²) in [7, 11) is 1.83. The summed E-state index contributed by atoms with van der Waals surface area (Å²) in [5, 5.41) is 26.9. The van der Waals surface area contributed by atoms with Gasteiger partial charge in [-0.25, -0.2) is 9.37 Å². The van der Waals surface area contributed by atoms with Crippen LogP contribution in [0.5, 0.6) is 11.6 Å². The average Bonchev–Trinajstić information content (AvgIpc) is 2.83. The zero-order valence-corrected chi connectivity index (χ0v) is 22.0. The van der Waals surface area contributed by atoms with E-state index in [2.05, 4.69) is 63.3 Å². The molecule has 8 nitrogen and oxygen atoms in total. The highest BCUT2D eigenvalue weighted by atomic mass is 32.2. The minimum Gasteiger partial charge on any atom is -0.507 e. The second-order valence-electron chi connectivity index (χ2n) is 8.55. The number of rotatable bonds is 7. The van der Waals surface area contributed by atoms with Crippen LogP contribution in [-0.4, -0.2) is 53.3 Å². The fraction of sp³-hybridized carbons (Fsp3) is 0.435. The summed E-state index contributed by atoms with van der Waals surface area (Å²) in [6, 6.07) is 6.43. The molecule has 3 aromatic rings. The van der Waals surface area contributed by atoms with Crippen molar-refractivity contribution in [3.05, 3.63) is 36.7 Å². The Kier molecular flexibility index (Phi) is 7.92. The third-order valence-corrected chi connectivity index (χ3v) is 6.54. The molecule has 0 spiro atoms. The molecule has 2 aromatic heterocycles. The predicted molar refractivity (Wildman–Crippen MR) is 143 cm³/mol. The van der Waals surface area contributed by atoms with Crippen LogP contribution in [0.3, 0.4) is 0 Å². The van der Waals surface area contributed by atoms with Crippen molar-refractivity contribution in [2.75, 3.05) is 11.9 Å². The fourth-order valence-corrected chi connectivity index (χ4v) is 4.66. The number of hydrogen-bond acceptors (Lipinski definition) is 11. The third-order valence-electron chi connectivity index (χ3n) is 6.27. The van der Waals surface area contributed by atoms with E-state index in [0.717, 1.165) is 25.7 Å². The van der Waals surface area contributed by atoms with E-state index in [1.165, 1.54) is 6.20 Å². The van der Waals surface area contributed by atoms with Crippen LogP contribution >= 0.6 is 37.9 Å². The Bertz CT molecular complexity index is 1160. The number of phenols is 1. The van der Waals surface area contributed by atoms with Gasteiger partial charge in [0.1, 0.15) is 11.9 Å². The third kappa shape index (κ3) is 6.10. The number of phenolic OH excluding ortho intramolecular Hbond substituents is 1. The first-order valence-electron chi connectivity index (χ1n) is 11.3. The maximum Gasteiger partial charge on any atom is 0.243 e. The second kappa shape index (κ2) is 10.8. The van der Waals surface area contributed by atoms with Crippen molar-refractivity contribution in [2.45, 2.75) is 48.4 Å². The van der Waals surface area contributed by atoms with E-state index in [0.29, 0.717) is 22.5 Å². The summed E-state index contributed by atoms with van der Waals surface area (Å²) >= 11 is 12.2. The molecule has 1 fully saturated rings. The van der Waals surface area contributed by atoms with Crippen LogP contribution in [0.4, 0.5) is 10.2 Å². The fourth-order valence-electron chi connectivity index (χ4n) is 4.38. The molecule has 1 aromatic carbocycles. The lowest BCUT2D eigenvalue weighted by Gasteiger charge is -2.38. The van der Waals surface area contributed by atoms with Crippen molar-refractivity contribution in [1.82, 2.24) is 25.4 Å². The first-order chi connectivity index (χ1) is 16.7. The minimum atomic E-state index is -1.32. The minimum absolute atomic E-state index is 0.0292. The molecule has 0 amide bonds. The number of benzene rings is 1. The standard InChI is InChI=1S/C23H27FN6O2S3/c1-3-13-5-4-6-17(21(13)24)30(2)19-12-25-22(29-27-19)16-8-7-14(9-18(16)31)15-10-20(28-26-11-15)32-23(33,34)35/h7-13,17,21,31,33-35H,3-6H2,1-2H3/t13-,17+,21-/m1/s1. The van der Waals surface area contributed by atoms with Gasteiger partial charge in [-0.2, -0.15) is 5.10 Å². The van der Waals surface area contributed by atoms with Crippen molar-refractivity contribution in [3.8, 4) is 34.1 Å². The van der Waals surface area contributed by atoms with E-state index >= 15 is 0 Å². The van der Waals surface area contributed by atoms with Gasteiger partial charge in [-0.05, 0) is 36.5 Å². The molecule has 35 heavy (non-hydrogen) atoms. The van der Waals surface area contributed by atoms with Gasteiger partial charge in [0.25, 0.3) is 0 Å². The molecule has 1 N–H and O–H groups in total. The molecule has 1 saturated carbocycles. The first kappa shape index (κ1) is 25.8. The average molecular weight is 535 g/mol. The van der Waals surface area contributed by atoms with E-state index < -0.39 is 9.77 Å². The molecule has 186 valence electrons. The lowest BCUT2D eigenvalue weighted by Crippen LogP contribution is -2.45. The van der Waals surface area contributed by atoms with Gasteiger partial charge < -0.3 is 14.7 Å². The van der Waals surface area contributed by atoms with Crippen LogP contribution in [0.1, 0.15) is 32.6 Å². The number of thiol groups is 3. The Morgan fingerprint density at radius 1 is 1.11 bits per heavy atom. The number of nitrogens with zero attached hydrogens (tertiary/aromatic N) is 6. The zero-order valence-electron chi connectivity index (χ0n) is 19.3. The van der Waals surface area contributed by atoms with Crippen LogP contribution in [0.2, 0.25) is 0 Å². The maximum absolute atomic E-state index is 15.0. The topological polar surface area (TPSA) is 97.2 Å².